The average Bonchev–Trinajstić information content (AvgIpc) is 3.03. The second kappa shape index (κ2) is 8.32. The van der Waals surface area contributed by atoms with Crippen LogP contribution in [0.15, 0.2) is 0 Å². The van der Waals surface area contributed by atoms with Crippen LogP contribution in [0, 0.1) is 0 Å². The lowest BCUT2D eigenvalue weighted by atomic mass is 9.91. The maximum atomic E-state index is 13.4. The molecule has 1 saturated carbocycles. The third-order valence-corrected chi connectivity index (χ3v) is 5.25. The van der Waals surface area contributed by atoms with E-state index in [1.807, 2.05) is 0 Å². The molecule has 180 valence electrons. The van der Waals surface area contributed by atoms with Crippen LogP contribution in [0.25, 0.3) is 0 Å². The summed E-state index contributed by atoms with van der Waals surface area (Å²) in [6, 6.07) is 0. The number of halogens is 7. The van der Waals surface area contributed by atoms with E-state index in [0.29, 0.717) is 6.42 Å². The fourth-order valence-electron chi connectivity index (χ4n) is 2.88. The second-order valence-electron chi connectivity index (χ2n) is 6.66. The Morgan fingerprint density at radius 1 is 1.06 bits per heavy atom. The van der Waals surface area contributed by atoms with Gasteiger partial charge >= 0.3 is 39.4 Å². The number of carbonyl (C=O) groups is 2. The van der Waals surface area contributed by atoms with E-state index >= 15 is 0 Å². The van der Waals surface area contributed by atoms with Crippen LogP contribution in [0.4, 0.5) is 30.7 Å². The van der Waals surface area contributed by atoms with E-state index in [-0.39, 0.29) is 19.3 Å². The number of rotatable bonds is 6. The summed E-state index contributed by atoms with van der Waals surface area (Å²) in [6.45, 7) is -1.69. The summed E-state index contributed by atoms with van der Waals surface area (Å²) >= 11 is 0. The molecule has 0 radical (unpaired) electrons. The normalized spacial score (nSPS) is 27.9. The first kappa shape index (κ1) is 25.5. The Balaban J connectivity index is 2.05. The average molecular weight is 492 g/mol. The third kappa shape index (κ3) is 5.04. The molecule has 3 unspecified atom stereocenters. The highest BCUT2D eigenvalue weighted by atomic mass is 32.2. The molecule has 2 fully saturated rings. The standard InChI is InChI=1S/C14H15F7O9S/c15-12(16,14(19,20)21)9(22)27-5-7-6-28-11(30-7)4-2-1-3-8(11)29-10(23)13(17,18)31(24,25)26/h7-8H,1-6H2,(H,24,25,26). The molecule has 1 aliphatic carbocycles. The van der Waals surface area contributed by atoms with Crippen LogP contribution < -0.4 is 0 Å². The first-order valence-corrected chi connectivity index (χ1v) is 9.87. The Kier molecular flexibility index (Phi) is 6.86. The molecule has 31 heavy (non-hydrogen) atoms. The lowest BCUT2D eigenvalue weighted by molar-refractivity contribution is -0.282. The summed E-state index contributed by atoms with van der Waals surface area (Å²) in [5.74, 6) is -13.3. The van der Waals surface area contributed by atoms with Gasteiger partial charge in [0.25, 0.3) is 0 Å². The molecule has 0 amide bonds. The molecule has 0 aromatic rings. The Morgan fingerprint density at radius 2 is 1.68 bits per heavy atom. The van der Waals surface area contributed by atoms with Crippen molar-refractivity contribution in [1.29, 1.82) is 0 Å². The smallest absolute Gasteiger partial charge is 0.458 e. The van der Waals surface area contributed by atoms with E-state index in [1.54, 1.807) is 0 Å². The molecule has 1 saturated heterocycles. The van der Waals surface area contributed by atoms with Crippen LogP contribution in [0.1, 0.15) is 25.7 Å². The molecule has 1 N–H and O–H groups in total. The zero-order valence-electron chi connectivity index (χ0n) is 15.2. The van der Waals surface area contributed by atoms with Gasteiger partial charge < -0.3 is 18.9 Å². The van der Waals surface area contributed by atoms with Gasteiger partial charge in [-0.25, -0.2) is 9.59 Å². The highest BCUT2D eigenvalue weighted by molar-refractivity contribution is 7.87. The van der Waals surface area contributed by atoms with Crippen molar-refractivity contribution < 1.29 is 72.2 Å². The minimum absolute atomic E-state index is 0.119. The highest BCUT2D eigenvalue weighted by Gasteiger charge is 2.65. The number of hydrogen-bond acceptors (Lipinski definition) is 8. The molecule has 1 aliphatic heterocycles. The predicted octanol–water partition coefficient (Wildman–Crippen LogP) is 1.81. The molecule has 0 bridgehead atoms. The van der Waals surface area contributed by atoms with Crippen molar-refractivity contribution in [3.05, 3.63) is 0 Å². The van der Waals surface area contributed by atoms with Crippen molar-refractivity contribution in [3.8, 4) is 0 Å². The summed E-state index contributed by atoms with van der Waals surface area (Å²) in [7, 11) is -6.15. The first-order valence-electron chi connectivity index (χ1n) is 8.43. The summed E-state index contributed by atoms with van der Waals surface area (Å²) in [5.41, 5.74) is 0. The van der Waals surface area contributed by atoms with Crippen LogP contribution in [-0.2, 0) is 38.7 Å². The predicted molar refractivity (Wildman–Crippen MR) is 80.4 cm³/mol. The van der Waals surface area contributed by atoms with E-state index in [4.69, 9.17) is 14.0 Å². The van der Waals surface area contributed by atoms with Crippen molar-refractivity contribution in [2.45, 2.75) is 61.0 Å². The Hall–Kier alpha value is -1.72. The van der Waals surface area contributed by atoms with E-state index in [1.165, 1.54) is 0 Å². The summed E-state index contributed by atoms with van der Waals surface area (Å²) in [6.07, 6.45) is -8.95. The van der Waals surface area contributed by atoms with Crippen molar-refractivity contribution in [1.82, 2.24) is 0 Å². The van der Waals surface area contributed by atoms with Crippen LogP contribution in [0.5, 0.6) is 0 Å². The third-order valence-electron chi connectivity index (χ3n) is 4.44. The zero-order valence-corrected chi connectivity index (χ0v) is 16.0. The summed E-state index contributed by atoms with van der Waals surface area (Å²) < 4.78 is 138. The Labute approximate surface area is 169 Å². The van der Waals surface area contributed by atoms with E-state index in [9.17, 15) is 48.7 Å². The fourth-order valence-corrected chi connectivity index (χ4v) is 3.13. The molecule has 2 aliphatic rings. The molecular weight excluding hydrogens is 477 g/mol. The molecule has 9 nitrogen and oxygen atoms in total. The van der Waals surface area contributed by atoms with Crippen LogP contribution in [-0.4, -0.2) is 73.5 Å². The molecule has 2 rings (SSSR count). The minimum Gasteiger partial charge on any atom is -0.458 e. The summed E-state index contributed by atoms with van der Waals surface area (Å²) in [5, 5.41) is -5.30. The van der Waals surface area contributed by atoms with Gasteiger partial charge in [0, 0.05) is 6.42 Å². The minimum atomic E-state index is -6.20. The van der Waals surface area contributed by atoms with Gasteiger partial charge in [-0.1, -0.05) is 0 Å². The van der Waals surface area contributed by atoms with Crippen molar-refractivity contribution >= 4 is 22.1 Å². The topological polar surface area (TPSA) is 125 Å². The fraction of sp³-hybridized carbons (Fsp3) is 0.857. The molecule has 17 heteroatoms. The quantitative estimate of drug-likeness (QED) is 0.336. The van der Waals surface area contributed by atoms with Crippen LogP contribution in [0.2, 0.25) is 0 Å². The monoisotopic (exact) mass is 492 g/mol. The lowest BCUT2D eigenvalue weighted by Gasteiger charge is -2.39. The van der Waals surface area contributed by atoms with Crippen molar-refractivity contribution in [2.75, 3.05) is 13.2 Å². The number of carbonyl (C=O) groups excluding carboxylic acids is 2. The van der Waals surface area contributed by atoms with Crippen molar-refractivity contribution in [2.24, 2.45) is 0 Å². The van der Waals surface area contributed by atoms with E-state index in [0.717, 1.165) is 0 Å². The highest BCUT2D eigenvalue weighted by Crippen LogP contribution is 2.41. The molecule has 0 aromatic heterocycles. The van der Waals surface area contributed by atoms with Crippen LogP contribution >= 0.6 is 0 Å². The molecule has 3 atom stereocenters. The SMILES string of the molecule is O=C(OCC1COC2(CCCCC2OC(=O)C(F)(F)S(=O)(=O)O)O1)C(F)(F)C(F)(F)F. The maximum absolute atomic E-state index is 13.4. The van der Waals surface area contributed by atoms with E-state index in [2.05, 4.69) is 9.47 Å². The molecule has 1 spiro atoms. The van der Waals surface area contributed by atoms with Gasteiger partial charge in [0.1, 0.15) is 12.7 Å². The molecule has 1 heterocycles. The van der Waals surface area contributed by atoms with Gasteiger partial charge in [-0.15, -0.1) is 0 Å². The first-order chi connectivity index (χ1) is 13.9. The van der Waals surface area contributed by atoms with Gasteiger partial charge in [-0.05, 0) is 19.3 Å². The van der Waals surface area contributed by atoms with Gasteiger partial charge in [0.15, 0.2) is 6.10 Å². The summed E-state index contributed by atoms with van der Waals surface area (Å²) in [4.78, 5) is 22.6. The number of alkyl halides is 7. The van der Waals surface area contributed by atoms with Gasteiger partial charge in [0.05, 0.1) is 6.61 Å². The second-order valence-corrected chi connectivity index (χ2v) is 8.13. The van der Waals surface area contributed by atoms with Crippen LogP contribution in [0.3, 0.4) is 0 Å². The Bertz CT molecular complexity index is 813. The lowest BCUT2D eigenvalue weighted by Crippen LogP contribution is -2.51. The Morgan fingerprint density at radius 3 is 2.23 bits per heavy atom. The van der Waals surface area contributed by atoms with Gasteiger partial charge in [0.2, 0.25) is 5.79 Å². The molecule has 0 aromatic carbocycles. The maximum Gasteiger partial charge on any atom is 0.465 e. The number of ether oxygens (including phenoxy) is 4. The van der Waals surface area contributed by atoms with Gasteiger partial charge in [-0.2, -0.15) is 39.2 Å². The number of hydrogen-bond donors (Lipinski definition) is 1. The van der Waals surface area contributed by atoms with Gasteiger partial charge in [-0.3, -0.25) is 4.55 Å². The number of esters is 2. The molecular formula is C14H15F7O9S. The largest absolute Gasteiger partial charge is 0.465 e. The van der Waals surface area contributed by atoms with E-state index < -0.39 is 70.6 Å². The zero-order chi connectivity index (χ0) is 23.9. The van der Waals surface area contributed by atoms with Crippen molar-refractivity contribution in [3.63, 3.8) is 0 Å².